The largest absolute Gasteiger partial charge is 0.495 e. The average Bonchev–Trinajstić information content (AvgIpc) is 3.38. The van der Waals surface area contributed by atoms with E-state index in [9.17, 15) is 24.6 Å². The molecule has 0 fully saturated rings. The van der Waals surface area contributed by atoms with Gasteiger partial charge < -0.3 is 30.5 Å². The number of carboxylic acids is 2. The van der Waals surface area contributed by atoms with Gasteiger partial charge in [0, 0.05) is 35.1 Å². The molecule has 0 spiro atoms. The van der Waals surface area contributed by atoms with Crippen molar-refractivity contribution in [1.29, 1.82) is 0 Å². The minimum absolute atomic E-state index is 0.0179. The monoisotopic (exact) mass is 737 g/mol. The molecule has 3 atom stereocenters. The maximum absolute atomic E-state index is 14.6. The van der Waals surface area contributed by atoms with Crippen molar-refractivity contribution in [2.45, 2.75) is 44.7 Å². The number of fused-ring (bicyclic) bond motifs is 1. The van der Waals surface area contributed by atoms with Crippen molar-refractivity contribution in [2.75, 3.05) is 30.9 Å². The molecule has 0 saturated carbocycles. The van der Waals surface area contributed by atoms with Gasteiger partial charge in [0.2, 0.25) is 5.91 Å². The predicted octanol–water partition coefficient (Wildman–Crippen LogP) is 8.37. The van der Waals surface area contributed by atoms with Crippen molar-refractivity contribution >= 4 is 64.0 Å². The van der Waals surface area contributed by atoms with E-state index in [0.717, 1.165) is 22.4 Å². The normalized spacial score (nSPS) is 16.8. The number of hydrogen-bond acceptors (Lipinski definition) is 6. The number of hydrogen-bond donors (Lipinski definition) is 4. The second kappa shape index (κ2) is 14.5. The van der Waals surface area contributed by atoms with Crippen LogP contribution in [-0.4, -0.2) is 54.8 Å². The number of halogens is 3. The number of ether oxygens (including phenoxy) is 1. The Bertz CT molecular complexity index is 1950. The Hall–Kier alpha value is -4.28. The van der Waals surface area contributed by atoms with E-state index < -0.39 is 34.7 Å². The number of benzene rings is 4. The molecule has 1 amide bonds. The highest BCUT2D eigenvalue weighted by Crippen LogP contribution is 2.59. The topological polar surface area (TPSA) is 128 Å². The number of carboxylic acid groups (broad SMARTS) is 2. The van der Waals surface area contributed by atoms with Gasteiger partial charge in [0.25, 0.3) is 0 Å². The van der Waals surface area contributed by atoms with E-state index in [0.29, 0.717) is 33.8 Å². The molecule has 50 heavy (non-hydrogen) atoms. The summed E-state index contributed by atoms with van der Waals surface area (Å²) in [6.07, 6.45) is 0. The summed E-state index contributed by atoms with van der Waals surface area (Å²) in [6, 6.07) is 21.4. The van der Waals surface area contributed by atoms with Gasteiger partial charge in [0.1, 0.15) is 5.75 Å². The molecule has 0 saturated heterocycles. The van der Waals surface area contributed by atoms with E-state index in [-0.39, 0.29) is 22.8 Å². The molecule has 4 N–H and O–H groups in total. The molecule has 1 aliphatic heterocycles. The van der Waals surface area contributed by atoms with E-state index in [4.69, 9.17) is 39.5 Å². The molecular formula is C38H38Cl3N3O6. The molecule has 0 radical (unpaired) electrons. The Morgan fingerprint density at radius 3 is 2.12 bits per heavy atom. The lowest BCUT2D eigenvalue weighted by molar-refractivity contribution is -0.119. The molecule has 262 valence electrons. The lowest BCUT2D eigenvalue weighted by atomic mass is 9.54. The van der Waals surface area contributed by atoms with Crippen LogP contribution in [0.3, 0.4) is 0 Å². The number of likely N-dealkylation sites (N-methyl/N-ethyl adjacent to an activating group) is 1. The highest BCUT2D eigenvalue weighted by Gasteiger charge is 2.58. The Labute approximate surface area is 306 Å². The van der Waals surface area contributed by atoms with E-state index >= 15 is 0 Å². The summed E-state index contributed by atoms with van der Waals surface area (Å²) in [5, 5.41) is 26.5. The minimum atomic E-state index is -1.12. The Morgan fingerprint density at radius 2 is 1.54 bits per heavy atom. The van der Waals surface area contributed by atoms with Gasteiger partial charge in [-0.25, -0.2) is 9.59 Å². The Balaban J connectivity index is 1.69. The van der Waals surface area contributed by atoms with E-state index in [1.807, 2.05) is 24.3 Å². The molecule has 0 unspecified atom stereocenters. The van der Waals surface area contributed by atoms with Crippen LogP contribution in [0.1, 0.15) is 64.1 Å². The lowest BCUT2D eigenvalue weighted by Crippen LogP contribution is -2.57. The number of rotatable bonds is 11. The number of carbonyl (C=O) groups is 3. The molecule has 0 aliphatic carbocycles. The third-order valence-corrected chi connectivity index (χ3v) is 10.6. The van der Waals surface area contributed by atoms with Crippen molar-refractivity contribution in [3.8, 4) is 5.75 Å². The number of methoxy groups -OCH3 is 1. The maximum Gasteiger partial charge on any atom is 0.335 e. The Morgan fingerprint density at radius 1 is 0.880 bits per heavy atom. The second-order valence-electron chi connectivity index (χ2n) is 13.4. The molecule has 5 rings (SSSR count). The smallest absolute Gasteiger partial charge is 0.335 e. The molecule has 12 heteroatoms. The first-order chi connectivity index (χ1) is 23.6. The van der Waals surface area contributed by atoms with Crippen LogP contribution in [0.5, 0.6) is 5.75 Å². The fourth-order valence-electron chi connectivity index (χ4n) is 7.16. The average molecular weight is 739 g/mol. The van der Waals surface area contributed by atoms with Crippen molar-refractivity contribution in [3.05, 3.63) is 122 Å². The first-order valence-electron chi connectivity index (χ1n) is 15.8. The number of carbonyl (C=O) groups excluding carboxylic acids is 1. The summed E-state index contributed by atoms with van der Waals surface area (Å²) in [5.74, 6) is -2.87. The zero-order valence-corrected chi connectivity index (χ0v) is 30.5. The minimum Gasteiger partial charge on any atom is -0.495 e. The van der Waals surface area contributed by atoms with Crippen LogP contribution < -0.4 is 20.3 Å². The van der Waals surface area contributed by atoms with Crippen LogP contribution in [0.15, 0.2) is 78.9 Å². The molecule has 0 bridgehead atoms. The maximum atomic E-state index is 14.6. The summed E-state index contributed by atoms with van der Waals surface area (Å²) >= 11 is 19.7. The van der Waals surface area contributed by atoms with E-state index in [1.165, 1.54) is 25.3 Å². The quantitative estimate of drug-likeness (QED) is 0.121. The predicted molar refractivity (Wildman–Crippen MR) is 198 cm³/mol. The molecule has 4 aromatic rings. The highest BCUT2D eigenvalue weighted by molar-refractivity contribution is 6.42. The Kier molecular flexibility index (Phi) is 10.7. The zero-order chi connectivity index (χ0) is 36.5. The van der Waals surface area contributed by atoms with Gasteiger partial charge in [-0.3, -0.25) is 4.79 Å². The van der Waals surface area contributed by atoms with E-state index in [1.54, 1.807) is 43.4 Å². The zero-order valence-electron chi connectivity index (χ0n) is 28.2. The molecule has 0 aromatic heterocycles. The third-order valence-electron chi connectivity index (χ3n) is 9.60. The number of nitrogens with one attached hydrogen (secondary N) is 2. The van der Waals surface area contributed by atoms with Gasteiger partial charge >= 0.3 is 11.9 Å². The number of anilines is 2. The van der Waals surface area contributed by atoms with Crippen molar-refractivity contribution in [2.24, 2.45) is 5.41 Å². The molecule has 9 nitrogen and oxygen atoms in total. The molecule has 1 aliphatic rings. The SMILES string of the molecule is CN[C@@H](C(=O)Nc1ccc(C(=O)O)cc1OC)[C@H](c1ccc(Cl)c(Cl)c1)[C@@]1(C(C)(C)C)CN(Cc2ccc(C(=O)O)cc2)c2cc(Cl)ccc21. The van der Waals surface area contributed by atoms with Crippen LogP contribution in [0.25, 0.3) is 0 Å². The number of nitrogens with zero attached hydrogens (tertiary/aromatic N) is 1. The number of aromatic carboxylic acids is 2. The van der Waals surface area contributed by atoms with Crippen molar-refractivity contribution in [1.82, 2.24) is 5.32 Å². The van der Waals surface area contributed by atoms with Gasteiger partial charge in [-0.1, -0.05) is 79.8 Å². The van der Waals surface area contributed by atoms with Gasteiger partial charge in [-0.15, -0.1) is 0 Å². The summed E-state index contributed by atoms with van der Waals surface area (Å²) < 4.78 is 5.46. The highest BCUT2D eigenvalue weighted by atomic mass is 35.5. The fourth-order valence-corrected chi connectivity index (χ4v) is 7.63. The first kappa shape index (κ1) is 37.0. The van der Waals surface area contributed by atoms with Crippen LogP contribution in [0.2, 0.25) is 15.1 Å². The van der Waals surface area contributed by atoms with Gasteiger partial charge in [-0.2, -0.15) is 0 Å². The van der Waals surface area contributed by atoms with Gasteiger partial charge in [0.05, 0.1) is 40.0 Å². The van der Waals surface area contributed by atoms with Crippen LogP contribution in [-0.2, 0) is 16.8 Å². The summed E-state index contributed by atoms with van der Waals surface area (Å²) in [5.41, 5.74) is 2.79. The fraction of sp³-hybridized carbons (Fsp3) is 0.289. The van der Waals surface area contributed by atoms with Crippen LogP contribution in [0, 0.1) is 5.41 Å². The number of amides is 1. The van der Waals surface area contributed by atoms with Gasteiger partial charge in [0.15, 0.2) is 0 Å². The summed E-state index contributed by atoms with van der Waals surface area (Å²) in [4.78, 5) is 39.9. The van der Waals surface area contributed by atoms with E-state index in [2.05, 4.69) is 36.3 Å². The molecule has 1 heterocycles. The second-order valence-corrected chi connectivity index (χ2v) is 14.6. The third kappa shape index (κ3) is 7.01. The first-order valence-corrected chi connectivity index (χ1v) is 17.0. The molecule has 4 aromatic carbocycles. The van der Waals surface area contributed by atoms with Crippen LogP contribution >= 0.6 is 34.8 Å². The summed E-state index contributed by atoms with van der Waals surface area (Å²) in [6.45, 7) is 7.32. The van der Waals surface area contributed by atoms with Crippen LogP contribution in [0.4, 0.5) is 11.4 Å². The summed E-state index contributed by atoms with van der Waals surface area (Å²) in [7, 11) is 3.12. The lowest BCUT2D eigenvalue weighted by Gasteiger charge is -2.51. The van der Waals surface area contributed by atoms with Crippen molar-refractivity contribution in [3.63, 3.8) is 0 Å². The van der Waals surface area contributed by atoms with Crippen molar-refractivity contribution < 1.29 is 29.3 Å². The molecular weight excluding hydrogens is 701 g/mol. The standard InChI is InChI=1S/C38H38Cl3N3O6/c1-37(2,3)38(20-44(30-18-25(39)12-13-26(30)38)19-21-6-8-22(9-7-21)35(46)47)32(23-10-14-27(40)28(41)16-23)33(42-4)34(45)43-29-15-11-24(36(48)49)17-31(29)50-5/h6-18,32-33,42H,19-20H2,1-5H3,(H,43,45)(H,46,47)(H,48,49)/t32-,33+,38+/m0/s1. The van der Waals surface area contributed by atoms with Gasteiger partial charge in [-0.05, 0) is 83.8 Å².